The van der Waals surface area contributed by atoms with Gasteiger partial charge in [-0.15, -0.1) is 0 Å². The predicted octanol–water partition coefficient (Wildman–Crippen LogP) is 3.43. The SMILES string of the molecule is CCn1nc(C)c(N)c1Sc1cc2ccccc2[nH]1. The van der Waals surface area contributed by atoms with Crippen LogP contribution in [0.5, 0.6) is 0 Å². The number of anilines is 1. The highest BCUT2D eigenvalue weighted by molar-refractivity contribution is 7.99. The topological polar surface area (TPSA) is 59.6 Å². The lowest BCUT2D eigenvalue weighted by molar-refractivity contribution is 0.602. The minimum absolute atomic E-state index is 0.769. The molecule has 2 heterocycles. The molecule has 98 valence electrons. The van der Waals surface area contributed by atoms with Gasteiger partial charge >= 0.3 is 0 Å². The molecule has 0 spiro atoms. The molecule has 0 bridgehead atoms. The highest BCUT2D eigenvalue weighted by atomic mass is 32.2. The molecular formula is C14H16N4S. The fraction of sp³-hybridized carbons (Fsp3) is 0.214. The molecular weight excluding hydrogens is 256 g/mol. The van der Waals surface area contributed by atoms with E-state index in [-0.39, 0.29) is 0 Å². The first-order valence-electron chi connectivity index (χ1n) is 6.27. The fourth-order valence-electron chi connectivity index (χ4n) is 2.10. The van der Waals surface area contributed by atoms with E-state index in [0.29, 0.717) is 0 Å². The van der Waals surface area contributed by atoms with Crippen molar-refractivity contribution in [1.29, 1.82) is 0 Å². The van der Waals surface area contributed by atoms with Crippen LogP contribution in [0.4, 0.5) is 5.69 Å². The summed E-state index contributed by atoms with van der Waals surface area (Å²) in [6.45, 7) is 4.83. The molecule has 0 saturated carbocycles. The Bertz CT molecular complexity index is 693. The third-order valence-corrected chi connectivity index (χ3v) is 4.20. The smallest absolute Gasteiger partial charge is 0.123 e. The molecule has 3 rings (SSSR count). The largest absolute Gasteiger partial charge is 0.395 e. The number of nitrogens with zero attached hydrogens (tertiary/aromatic N) is 2. The van der Waals surface area contributed by atoms with Crippen molar-refractivity contribution in [3.05, 3.63) is 36.0 Å². The van der Waals surface area contributed by atoms with Gasteiger partial charge in [-0.25, -0.2) is 0 Å². The number of nitrogens with one attached hydrogen (secondary N) is 1. The first-order chi connectivity index (χ1) is 9.19. The zero-order chi connectivity index (χ0) is 13.4. The van der Waals surface area contributed by atoms with Crippen molar-refractivity contribution in [2.45, 2.75) is 30.4 Å². The Morgan fingerprint density at radius 2 is 2.16 bits per heavy atom. The van der Waals surface area contributed by atoms with Crippen LogP contribution in [-0.2, 0) is 6.54 Å². The Labute approximate surface area is 116 Å². The average molecular weight is 272 g/mol. The molecule has 0 radical (unpaired) electrons. The minimum Gasteiger partial charge on any atom is -0.395 e. The first kappa shape index (κ1) is 12.2. The van der Waals surface area contributed by atoms with Crippen molar-refractivity contribution in [3.8, 4) is 0 Å². The molecule has 3 aromatic rings. The van der Waals surface area contributed by atoms with Crippen LogP contribution < -0.4 is 5.73 Å². The zero-order valence-electron chi connectivity index (χ0n) is 11.0. The maximum absolute atomic E-state index is 6.10. The van der Waals surface area contributed by atoms with Crippen molar-refractivity contribution < 1.29 is 0 Å². The lowest BCUT2D eigenvalue weighted by Gasteiger charge is -2.03. The number of fused-ring (bicyclic) bond motifs is 1. The second-order valence-electron chi connectivity index (χ2n) is 4.44. The summed E-state index contributed by atoms with van der Waals surface area (Å²) >= 11 is 1.63. The van der Waals surface area contributed by atoms with Crippen molar-refractivity contribution in [2.75, 3.05) is 5.73 Å². The van der Waals surface area contributed by atoms with Gasteiger partial charge in [0.15, 0.2) is 0 Å². The van der Waals surface area contributed by atoms with Crippen LogP contribution in [0.15, 0.2) is 40.4 Å². The number of nitrogens with two attached hydrogens (primary N) is 1. The van der Waals surface area contributed by atoms with Crippen LogP contribution in [0.2, 0.25) is 0 Å². The van der Waals surface area contributed by atoms with Gasteiger partial charge in [-0.1, -0.05) is 30.0 Å². The lowest BCUT2D eigenvalue weighted by atomic mass is 10.3. The molecule has 0 fully saturated rings. The van der Waals surface area contributed by atoms with E-state index >= 15 is 0 Å². The standard InChI is InChI=1S/C14H16N4S/c1-3-18-14(13(15)9(2)17-18)19-12-8-10-6-4-5-7-11(10)16-12/h4-8,16H,3,15H2,1-2H3. The van der Waals surface area contributed by atoms with Crippen LogP contribution in [0.3, 0.4) is 0 Å². The fourth-order valence-corrected chi connectivity index (χ4v) is 3.19. The van der Waals surface area contributed by atoms with E-state index in [0.717, 1.165) is 33.5 Å². The molecule has 4 nitrogen and oxygen atoms in total. The Morgan fingerprint density at radius 1 is 1.37 bits per heavy atom. The Hall–Kier alpha value is -1.88. The maximum atomic E-state index is 6.10. The van der Waals surface area contributed by atoms with Crippen LogP contribution in [-0.4, -0.2) is 14.8 Å². The van der Waals surface area contributed by atoms with Gasteiger partial charge in [0, 0.05) is 17.4 Å². The number of para-hydroxylation sites is 1. The molecule has 0 aliphatic carbocycles. The second-order valence-corrected chi connectivity index (χ2v) is 5.47. The molecule has 2 aromatic heterocycles. The van der Waals surface area contributed by atoms with Crippen molar-refractivity contribution >= 4 is 28.4 Å². The number of nitrogen functional groups attached to an aromatic ring is 1. The van der Waals surface area contributed by atoms with E-state index in [1.165, 1.54) is 5.39 Å². The summed E-state index contributed by atoms with van der Waals surface area (Å²) in [5.74, 6) is 0. The number of H-pyrrole nitrogens is 1. The minimum atomic E-state index is 0.769. The number of aromatic nitrogens is 3. The zero-order valence-corrected chi connectivity index (χ0v) is 11.8. The van der Waals surface area contributed by atoms with E-state index in [9.17, 15) is 0 Å². The number of hydrogen-bond donors (Lipinski definition) is 2. The average Bonchev–Trinajstić information content (AvgIpc) is 2.94. The Morgan fingerprint density at radius 3 is 2.89 bits per heavy atom. The summed E-state index contributed by atoms with van der Waals surface area (Å²) in [4.78, 5) is 3.40. The van der Waals surface area contributed by atoms with Gasteiger partial charge in [-0.05, 0) is 26.0 Å². The van der Waals surface area contributed by atoms with E-state index in [4.69, 9.17) is 5.73 Å². The first-order valence-corrected chi connectivity index (χ1v) is 7.09. The number of aryl methyl sites for hydroxylation is 2. The molecule has 5 heteroatoms. The third kappa shape index (κ3) is 2.10. The van der Waals surface area contributed by atoms with Crippen LogP contribution in [0.1, 0.15) is 12.6 Å². The van der Waals surface area contributed by atoms with Crippen LogP contribution in [0, 0.1) is 6.92 Å². The third-order valence-electron chi connectivity index (χ3n) is 3.14. The molecule has 0 unspecified atom stereocenters. The van der Waals surface area contributed by atoms with E-state index < -0.39 is 0 Å². The van der Waals surface area contributed by atoms with Crippen LogP contribution >= 0.6 is 11.8 Å². The number of benzene rings is 1. The molecule has 0 amide bonds. The van der Waals surface area contributed by atoms with Gasteiger partial charge in [-0.2, -0.15) is 5.10 Å². The van der Waals surface area contributed by atoms with Gasteiger partial charge in [0.25, 0.3) is 0 Å². The van der Waals surface area contributed by atoms with Crippen molar-refractivity contribution in [2.24, 2.45) is 0 Å². The van der Waals surface area contributed by atoms with Gasteiger partial charge in [0.05, 0.1) is 16.4 Å². The molecule has 1 aromatic carbocycles. The molecule has 0 saturated heterocycles. The highest BCUT2D eigenvalue weighted by Crippen LogP contribution is 2.34. The molecule has 0 atom stereocenters. The van der Waals surface area contributed by atoms with Gasteiger partial charge in [-0.3, -0.25) is 4.68 Å². The summed E-state index contributed by atoms with van der Waals surface area (Å²) in [5.41, 5.74) is 8.90. The van der Waals surface area contributed by atoms with Crippen molar-refractivity contribution in [3.63, 3.8) is 0 Å². The number of aromatic amines is 1. The molecule has 0 aliphatic heterocycles. The quantitative estimate of drug-likeness (QED) is 0.768. The predicted molar refractivity (Wildman–Crippen MR) is 79.5 cm³/mol. The lowest BCUT2D eigenvalue weighted by Crippen LogP contribution is -1.98. The summed E-state index contributed by atoms with van der Waals surface area (Å²) < 4.78 is 1.95. The summed E-state index contributed by atoms with van der Waals surface area (Å²) in [6, 6.07) is 10.4. The molecule has 3 N–H and O–H groups in total. The van der Waals surface area contributed by atoms with Gasteiger partial charge in [0.2, 0.25) is 0 Å². The van der Waals surface area contributed by atoms with Crippen molar-refractivity contribution in [1.82, 2.24) is 14.8 Å². The second kappa shape index (κ2) is 4.66. The number of rotatable bonds is 3. The summed E-state index contributed by atoms with van der Waals surface area (Å²) in [5, 5.41) is 7.74. The Kier molecular flexibility index (Phi) is 2.98. The van der Waals surface area contributed by atoms with Gasteiger partial charge < -0.3 is 10.7 Å². The maximum Gasteiger partial charge on any atom is 0.123 e. The highest BCUT2D eigenvalue weighted by Gasteiger charge is 2.14. The molecule has 19 heavy (non-hydrogen) atoms. The van der Waals surface area contributed by atoms with Crippen LogP contribution in [0.25, 0.3) is 10.9 Å². The van der Waals surface area contributed by atoms with Gasteiger partial charge in [0.1, 0.15) is 5.03 Å². The summed E-state index contributed by atoms with van der Waals surface area (Å²) in [6.07, 6.45) is 0. The van der Waals surface area contributed by atoms with E-state index in [2.05, 4.69) is 35.2 Å². The Balaban J connectivity index is 2.00. The monoisotopic (exact) mass is 272 g/mol. The number of hydrogen-bond acceptors (Lipinski definition) is 3. The normalized spacial score (nSPS) is 11.3. The van der Waals surface area contributed by atoms with E-state index in [1.807, 2.05) is 23.7 Å². The molecule has 0 aliphatic rings. The van der Waals surface area contributed by atoms with E-state index in [1.54, 1.807) is 11.8 Å². The summed E-state index contributed by atoms with van der Waals surface area (Å²) in [7, 11) is 0.